The number of halogens is 1. The second-order valence-electron chi connectivity index (χ2n) is 4.03. The van der Waals surface area contributed by atoms with Gasteiger partial charge in [0.15, 0.2) is 5.78 Å². The number of rotatable bonds is 4. The van der Waals surface area contributed by atoms with Crippen LogP contribution in [0.3, 0.4) is 0 Å². The van der Waals surface area contributed by atoms with Gasteiger partial charge in [0.1, 0.15) is 0 Å². The van der Waals surface area contributed by atoms with Crippen LogP contribution in [0.15, 0.2) is 48.5 Å². The summed E-state index contributed by atoms with van der Waals surface area (Å²) in [7, 11) is 0. The van der Waals surface area contributed by atoms with E-state index in [4.69, 9.17) is 5.11 Å². The highest BCUT2D eigenvalue weighted by Gasteiger charge is 2.24. The average Bonchev–Trinajstić information content (AvgIpc) is 2.46. The van der Waals surface area contributed by atoms with E-state index in [1.807, 2.05) is 0 Å². The number of carbonyl (C=O) groups excluding carboxylic acids is 1. The quantitative estimate of drug-likeness (QED) is 0.847. The first-order valence-electron chi connectivity index (χ1n) is 5.71. The maximum absolute atomic E-state index is 12.3. The van der Waals surface area contributed by atoms with Crippen LogP contribution in [-0.2, 0) is 0 Å². The summed E-state index contributed by atoms with van der Waals surface area (Å²) in [5, 5.41) is 18.2. The predicted octanol–water partition coefficient (Wildman–Crippen LogP) is 2.74. The third-order valence-electron chi connectivity index (χ3n) is 2.79. The fourth-order valence-corrected chi connectivity index (χ4v) is 1.90. The van der Waals surface area contributed by atoms with E-state index >= 15 is 0 Å². The van der Waals surface area contributed by atoms with Crippen molar-refractivity contribution in [3.63, 3.8) is 0 Å². The number of aromatic carboxylic acids is 2. The summed E-state index contributed by atoms with van der Waals surface area (Å²) in [4.78, 5) is 34.6. The molecule has 2 rings (SSSR count). The Hall–Kier alpha value is -2.66. The number of benzene rings is 2. The van der Waals surface area contributed by atoms with Crippen molar-refractivity contribution in [2.24, 2.45) is 0 Å². The number of hydrogen-bond donors (Lipinski definition) is 2. The SMILES string of the molecule is Cl.O=C(O)c1cccc(C(=O)c2ccccc2)c1C(=O)O. The van der Waals surface area contributed by atoms with Crippen molar-refractivity contribution in [3.8, 4) is 0 Å². The lowest BCUT2D eigenvalue weighted by molar-refractivity contribution is 0.0649. The van der Waals surface area contributed by atoms with Crippen LogP contribution in [-0.4, -0.2) is 27.9 Å². The fraction of sp³-hybridized carbons (Fsp3) is 0. The zero-order valence-corrected chi connectivity index (χ0v) is 11.5. The summed E-state index contributed by atoms with van der Waals surface area (Å²) in [6, 6.07) is 11.9. The molecule has 21 heavy (non-hydrogen) atoms. The van der Waals surface area contributed by atoms with Gasteiger partial charge in [-0.05, 0) is 6.07 Å². The van der Waals surface area contributed by atoms with Crippen LogP contribution in [0, 0.1) is 0 Å². The molecule has 0 bridgehead atoms. The first-order valence-corrected chi connectivity index (χ1v) is 5.71. The van der Waals surface area contributed by atoms with Gasteiger partial charge in [-0.3, -0.25) is 4.79 Å². The van der Waals surface area contributed by atoms with E-state index in [9.17, 15) is 19.5 Å². The Morgan fingerprint density at radius 3 is 1.81 bits per heavy atom. The molecule has 0 aliphatic carbocycles. The van der Waals surface area contributed by atoms with Crippen molar-refractivity contribution in [2.75, 3.05) is 0 Å². The van der Waals surface area contributed by atoms with Crippen molar-refractivity contribution in [1.82, 2.24) is 0 Å². The van der Waals surface area contributed by atoms with E-state index in [0.29, 0.717) is 5.56 Å². The number of hydrogen-bond acceptors (Lipinski definition) is 3. The second-order valence-corrected chi connectivity index (χ2v) is 4.03. The molecular formula is C15H11ClO5. The van der Waals surface area contributed by atoms with Crippen molar-refractivity contribution >= 4 is 30.1 Å². The molecule has 0 fully saturated rings. The van der Waals surface area contributed by atoms with Crippen LogP contribution in [0.25, 0.3) is 0 Å². The van der Waals surface area contributed by atoms with E-state index in [1.54, 1.807) is 30.3 Å². The van der Waals surface area contributed by atoms with Gasteiger partial charge in [0.2, 0.25) is 0 Å². The molecule has 0 amide bonds. The molecule has 0 spiro atoms. The number of ketones is 1. The molecule has 5 nitrogen and oxygen atoms in total. The zero-order valence-electron chi connectivity index (χ0n) is 10.6. The topological polar surface area (TPSA) is 91.7 Å². The Balaban J connectivity index is 0.00000220. The second kappa shape index (κ2) is 6.67. The Morgan fingerprint density at radius 1 is 0.714 bits per heavy atom. The predicted molar refractivity (Wildman–Crippen MR) is 77.5 cm³/mol. The number of carbonyl (C=O) groups is 3. The van der Waals surface area contributed by atoms with Crippen LogP contribution in [0.2, 0.25) is 0 Å². The summed E-state index contributed by atoms with van der Waals surface area (Å²) >= 11 is 0. The zero-order chi connectivity index (χ0) is 14.7. The summed E-state index contributed by atoms with van der Waals surface area (Å²) in [6.45, 7) is 0. The van der Waals surface area contributed by atoms with Gasteiger partial charge < -0.3 is 10.2 Å². The third-order valence-corrected chi connectivity index (χ3v) is 2.79. The minimum Gasteiger partial charge on any atom is -0.478 e. The number of carboxylic acid groups (broad SMARTS) is 2. The minimum atomic E-state index is -1.44. The van der Waals surface area contributed by atoms with Crippen molar-refractivity contribution in [2.45, 2.75) is 0 Å². The Kier molecular flexibility index (Phi) is 5.21. The molecule has 0 saturated heterocycles. The van der Waals surface area contributed by atoms with Gasteiger partial charge in [0.25, 0.3) is 0 Å². The molecule has 0 heterocycles. The van der Waals surface area contributed by atoms with Crippen molar-refractivity contribution in [1.29, 1.82) is 0 Å². The van der Waals surface area contributed by atoms with Crippen LogP contribution < -0.4 is 0 Å². The molecule has 6 heteroatoms. The summed E-state index contributed by atoms with van der Waals surface area (Å²) in [6.07, 6.45) is 0. The molecule has 2 N–H and O–H groups in total. The molecule has 0 unspecified atom stereocenters. The molecule has 0 saturated carbocycles. The van der Waals surface area contributed by atoms with E-state index in [-0.39, 0.29) is 18.0 Å². The molecule has 2 aromatic rings. The molecule has 2 aromatic carbocycles. The normalized spacial score (nSPS) is 9.52. The lowest BCUT2D eigenvalue weighted by Gasteiger charge is -2.08. The maximum atomic E-state index is 12.3. The summed E-state index contributed by atoms with van der Waals surface area (Å²) in [5.41, 5.74) is -0.728. The third kappa shape index (κ3) is 3.27. The molecular weight excluding hydrogens is 296 g/mol. The molecule has 108 valence electrons. The summed E-state index contributed by atoms with van der Waals surface area (Å²) < 4.78 is 0. The van der Waals surface area contributed by atoms with Gasteiger partial charge in [-0.1, -0.05) is 42.5 Å². The standard InChI is InChI=1S/C15H10O5.ClH/c16-13(9-5-2-1-3-6-9)10-7-4-8-11(14(17)18)12(10)15(19)20;/h1-8H,(H,17,18)(H,19,20);1H. The van der Waals surface area contributed by atoms with Gasteiger partial charge in [-0.15, -0.1) is 12.4 Å². The van der Waals surface area contributed by atoms with Gasteiger partial charge in [0, 0.05) is 11.1 Å². The van der Waals surface area contributed by atoms with Gasteiger partial charge in [-0.2, -0.15) is 0 Å². The molecule has 0 aliphatic rings. The van der Waals surface area contributed by atoms with Crippen LogP contribution >= 0.6 is 12.4 Å². The molecule has 0 aliphatic heterocycles. The Labute approximate surface area is 126 Å². The van der Waals surface area contributed by atoms with E-state index < -0.39 is 28.8 Å². The highest BCUT2D eigenvalue weighted by Crippen LogP contribution is 2.19. The highest BCUT2D eigenvalue weighted by atomic mass is 35.5. The average molecular weight is 307 g/mol. The van der Waals surface area contributed by atoms with E-state index in [2.05, 4.69) is 0 Å². The Bertz CT molecular complexity index is 694. The summed E-state index contributed by atoms with van der Waals surface area (Å²) in [5.74, 6) is -3.35. The maximum Gasteiger partial charge on any atom is 0.337 e. The molecule has 0 radical (unpaired) electrons. The van der Waals surface area contributed by atoms with Crippen LogP contribution in [0.4, 0.5) is 0 Å². The van der Waals surface area contributed by atoms with Crippen LogP contribution in [0.5, 0.6) is 0 Å². The molecule has 0 atom stereocenters. The lowest BCUT2D eigenvalue weighted by Crippen LogP contribution is -2.15. The monoisotopic (exact) mass is 306 g/mol. The van der Waals surface area contributed by atoms with E-state index in [1.165, 1.54) is 12.1 Å². The van der Waals surface area contributed by atoms with Gasteiger partial charge in [0.05, 0.1) is 11.1 Å². The largest absolute Gasteiger partial charge is 0.478 e. The Morgan fingerprint density at radius 2 is 1.29 bits per heavy atom. The highest BCUT2D eigenvalue weighted by molar-refractivity contribution is 6.17. The number of carboxylic acids is 2. The van der Waals surface area contributed by atoms with Gasteiger partial charge in [-0.25, -0.2) is 9.59 Å². The first kappa shape index (κ1) is 16.4. The minimum absolute atomic E-state index is 0. The first-order chi connectivity index (χ1) is 9.52. The molecule has 0 aromatic heterocycles. The van der Waals surface area contributed by atoms with Crippen LogP contribution in [0.1, 0.15) is 36.6 Å². The van der Waals surface area contributed by atoms with Crippen molar-refractivity contribution in [3.05, 3.63) is 70.8 Å². The van der Waals surface area contributed by atoms with E-state index in [0.717, 1.165) is 6.07 Å². The van der Waals surface area contributed by atoms with Gasteiger partial charge >= 0.3 is 11.9 Å². The lowest BCUT2D eigenvalue weighted by atomic mass is 9.94. The smallest absolute Gasteiger partial charge is 0.337 e. The fourth-order valence-electron chi connectivity index (χ4n) is 1.90. The van der Waals surface area contributed by atoms with Crippen molar-refractivity contribution < 1.29 is 24.6 Å².